The highest BCUT2D eigenvalue weighted by atomic mass is 14.9. The van der Waals surface area contributed by atoms with E-state index < -0.39 is 0 Å². The first kappa shape index (κ1) is 12.3. The fourth-order valence-electron chi connectivity index (χ4n) is 1.78. The van der Waals surface area contributed by atoms with Gasteiger partial charge in [-0.2, -0.15) is 0 Å². The number of anilines is 3. The van der Waals surface area contributed by atoms with Crippen molar-refractivity contribution in [3.05, 3.63) is 53.6 Å². The number of nitrogens with two attached hydrogens (primary N) is 2. The van der Waals surface area contributed by atoms with E-state index in [0.29, 0.717) is 11.4 Å². The van der Waals surface area contributed by atoms with Crippen LogP contribution in [0, 0.1) is 0 Å². The molecule has 0 atom stereocenters. The molecule has 0 saturated heterocycles. The van der Waals surface area contributed by atoms with Crippen LogP contribution in [-0.2, 0) is 13.0 Å². The first-order valence-corrected chi connectivity index (χ1v) is 6.15. The number of aryl methyl sites for hydroxylation is 1. The minimum absolute atomic E-state index is 0.612. The van der Waals surface area contributed by atoms with Crippen LogP contribution in [0.15, 0.2) is 42.5 Å². The summed E-state index contributed by atoms with van der Waals surface area (Å²) in [5.74, 6) is 0. The quantitative estimate of drug-likeness (QED) is 0.721. The van der Waals surface area contributed by atoms with E-state index in [1.54, 1.807) is 0 Å². The molecule has 0 aliphatic rings. The summed E-state index contributed by atoms with van der Waals surface area (Å²) in [6.45, 7) is 2.94. The predicted molar refractivity (Wildman–Crippen MR) is 78.4 cm³/mol. The van der Waals surface area contributed by atoms with Gasteiger partial charge in [0.2, 0.25) is 0 Å². The minimum Gasteiger partial charge on any atom is -0.397 e. The lowest BCUT2D eigenvalue weighted by atomic mass is 10.1. The molecule has 3 heteroatoms. The zero-order chi connectivity index (χ0) is 13.0. The molecule has 0 bridgehead atoms. The standard InChI is InChI=1S/C15H19N3/c1-2-11-3-5-12(6-4-11)10-18-13-7-8-14(16)15(17)9-13/h3-9,18H,2,10,16-17H2,1H3. The minimum atomic E-state index is 0.612. The smallest absolute Gasteiger partial charge is 0.0568 e. The van der Waals surface area contributed by atoms with E-state index in [2.05, 4.69) is 36.5 Å². The van der Waals surface area contributed by atoms with Gasteiger partial charge >= 0.3 is 0 Å². The maximum atomic E-state index is 5.76. The Kier molecular flexibility index (Phi) is 3.72. The van der Waals surface area contributed by atoms with Gasteiger partial charge in [0.05, 0.1) is 11.4 Å². The molecule has 0 radical (unpaired) electrons. The number of hydrogen-bond acceptors (Lipinski definition) is 3. The molecule has 2 aromatic carbocycles. The Morgan fingerprint density at radius 2 is 1.56 bits per heavy atom. The van der Waals surface area contributed by atoms with Crippen LogP contribution < -0.4 is 16.8 Å². The van der Waals surface area contributed by atoms with Gasteiger partial charge in [-0.1, -0.05) is 31.2 Å². The van der Waals surface area contributed by atoms with Gasteiger partial charge in [0, 0.05) is 12.2 Å². The van der Waals surface area contributed by atoms with Gasteiger partial charge in [-0.05, 0) is 35.7 Å². The highest BCUT2D eigenvalue weighted by Crippen LogP contribution is 2.20. The van der Waals surface area contributed by atoms with Crippen LogP contribution in [0.2, 0.25) is 0 Å². The summed E-state index contributed by atoms with van der Waals surface area (Å²) in [5.41, 5.74) is 16.3. The van der Waals surface area contributed by atoms with Crippen LogP contribution in [0.1, 0.15) is 18.1 Å². The third-order valence-corrected chi connectivity index (χ3v) is 3.01. The summed E-state index contributed by atoms with van der Waals surface area (Å²) in [4.78, 5) is 0. The molecule has 0 fully saturated rings. The molecule has 94 valence electrons. The second-order valence-electron chi connectivity index (χ2n) is 4.37. The Labute approximate surface area is 108 Å². The van der Waals surface area contributed by atoms with Crippen molar-refractivity contribution in [1.82, 2.24) is 0 Å². The first-order valence-electron chi connectivity index (χ1n) is 6.15. The number of nitrogen functional groups attached to an aromatic ring is 2. The fraction of sp³-hybridized carbons (Fsp3) is 0.200. The lowest BCUT2D eigenvalue weighted by molar-refractivity contribution is 1.11. The first-order chi connectivity index (χ1) is 8.69. The lowest BCUT2D eigenvalue weighted by Crippen LogP contribution is -2.01. The Bertz CT molecular complexity index is 518. The molecule has 2 rings (SSSR count). The van der Waals surface area contributed by atoms with E-state index >= 15 is 0 Å². The molecule has 0 unspecified atom stereocenters. The van der Waals surface area contributed by atoms with Gasteiger partial charge in [0.1, 0.15) is 0 Å². The molecule has 0 aliphatic carbocycles. The highest BCUT2D eigenvalue weighted by Gasteiger charge is 1.98. The van der Waals surface area contributed by atoms with Crippen LogP contribution in [0.25, 0.3) is 0 Å². The summed E-state index contributed by atoms with van der Waals surface area (Å²) >= 11 is 0. The summed E-state index contributed by atoms with van der Waals surface area (Å²) in [7, 11) is 0. The fourth-order valence-corrected chi connectivity index (χ4v) is 1.78. The Morgan fingerprint density at radius 1 is 0.889 bits per heavy atom. The largest absolute Gasteiger partial charge is 0.397 e. The van der Waals surface area contributed by atoms with Crippen molar-refractivity contribution in [1.29, 1.82) is 0 Å². The monoisotopic (exact) mass is 241 g/mol. The maximum absolute atomic E-state index is 5.76. The molecular formula is C15H19N3. The van der Waals surface area contributed by atoms with Crippen molar-refractivity contribution in [2.24, 2.45) is 0 Å². The average Bonchev–Trinajstić information content (AvgIpc) is 2.41. The second-order valence-corrected chi connectivity index (χ2v) is 4.37. The van der Waals surface area contributed by atoms with Gasteiger partial charge in [-0.3, -0.25) is 0 Å². The zero-order valence-corrected chi connectivity index (χ0v) is 10.6. The third kappa shape index (κ3) is 2.94. The lowest BCUT2D eigenvalue weighted by Gasteiger charge is -2.09. The average molecular weight is 241 g/mol. The van der Waals surface area contributed by atoms with E-state index in [4.69, 9.17) is 11.5 Å². The maximum Gasteiger partial charge on any atom is 0.0568 e. The van der Waals surface area contributed by atoms with Gasteiger partial charge in [-0.15, -0.1) is 0 Å². The van der Waals surface area contributed by atoms with Crippen LogP contribution >= 0.6 is 0 Å². The van der Waals surface area contributed by atoms with E-state index in [1.165, 1.54) is 11.1 Å². The van der Waals surface area contributed by atoms with Gasteiger partial charge in [0.25, 0.3) is 0 Å². The molecule has 3 nitrogen and oxygen atoms in total. The van der Waals surface area contributed by atoms with Gasteiger partial charge in [-0.25, -0.2) is 0 Å². The van der Waals surface area contributed by atoms with E-state index in [1.807, 2.05) is 18.2 Å². The van der Waals surface area contributed by atoms with Crippen molar-refractivity contribution in [2.75, 3.05) is 16.8 Å². The topological polar surface area (TPSA) is 64.1 Å². The molecule has 5 N–H and O–H groups in total. The SMILES string of the molecule is CCc1ccc(CNc2ccc(N)c(N)c2)cc1. The van der Waals surface area contributed by atoms with Crippen LogP contribution in [0.5, 0.6) is 0 Å². The molecule has 2 aromatic rings. The van der Waals surface area contributed by atoms with Crippen molar-refractivity contribution in [3.8, 4) is 0 Å². The van der Waals surface area contributed by atoms with E-state index in [-0.39, 0.29) is 0 Å². The van der Waals surface area contributed by atoms with Crippen molar-refractivity contribution >= 4 is 17.1 Å². The number of nitrogens with one attached hydrogen (secondary N) is 1. The molecule has 0 spiro atoms. The van der Waals surface area contributed by atoms with E-state index in [0.717, 1.165) is 18.7 Å². The predicted octanol–water partition coefficient (Wildman–Crippen LogP) is 3.03. The van der Waals surface area contributed by atoms with Gasteiger partial charge in [0.15, 0.2) is 0 Å². The summed E-state index contributed by atoms with van der Waals surface area (Å²) in [5, 5.41) is 3.33. The Morgan fingerprint density at radius 3 is 2.17 bits per heavy atom. The third-order valence-electron chi connectivity index (χ3n) is 3.01. The zero-order valence-electron chi connectivity index (χ0n) is 10.6. The van der Waals surface area contributed by atoms with Crippen LogP contribution in [0.4, 0.5) is 17.1 Å². The highest BCUT2D eigenvalue weighted by molar-refractivity contribution is 5.69. The Hall–Kier alpha value is -2.16. The van der Waals surface area contributed by atoms with Crippen molar-refractivity contribution in [3.63, 3.8) is 0 Å². The normalized spacial score (nSPS) is 10.3. The summed E-state index contributed by atoms with van der Waals surface area (Å²) < 4.78 is 0. The Balaban J connectivity index is 1.99. The molecule has 0 heterocycles. The van der Waals surface area contributed by atoms with Crippen molar-refractivity contribution < 1.29 is 0 Å². The summed E-state index contributed by atoms with van der Waals surface area (Å²) in [6, 6.07) is 14.2. The second kappa shape index (κ2) is 5.45. The van der Waals surface area contributed by atoms with Crippen LogP contribution in [0.3, 0.4) is 0 Å². The molecule has 0 aromatic heterocycles. The number of hydrogen-bond donors (Lipinski definition) is 3. The number of rotatable bonds is 4. The molecule has 0 saturated carbocycles. The van der Waals surface area contributed by atoms with Crippen LogP contribution in [-0.4, -0.2) is 0 Å². The molecule has 0 aliphatic heterocycles. The number of benzene rings is 2. The van der Waals surface area contributed by atoms with Crippen molar-refractivity contribution in [2.45, 2.75) is 19.9 Å². The summed E-state index contributed by atoms with van der Waals surface area (Å²) in [6.07, 6.45) is 1.07. The molecule has 0 amide bonds. The molecular weight excluding hydrogens is 222 g/mol. The van der Waals surface area contributed by atoms with Gasteiger partial charge < -0.3 is 16.8 Å². The molecule has 18 heavy (non-hydrogen) atoms. The van der Waals surface area contributed by atoms with E-state index in [9.17, 15) is 0 Å².